The fourth-order valence-corrected chi connectivity index (χ4v) is 3.52. The fourth-order valence-electron chi connectivity index (χ4n) is 3.52. The molecule has 1 aliphatic heterocycles. The Morgan fingerprint density at radius 2 is 2.20 bits per heavy atom. The fraction of sp³-hybridized carbons (Fsp3) is 0.412. The Kier molecular flexibility index (Phi) is 3.67. The standard InChI is InChI=1S/C17H19N5O3/c1-11-14(25-10-19-11)16(23)21-8-4-5-12(9-21)22-15-13(6-3-7-18-15)20(2)17(22)24/h3,6-7,10,12H,4-5,8-9H2,1-2H3/t12-/m0/s1. The summed E-state index contributed by atoms with van der Waals surface area (Å²) in [6.07, 6.45) is 4.61. The van der Waals surface area contributed by atoms with Gasteiger partial charge in [-0.05, 0) is 31.9 Å². The summed E-state index contributed by atoms with van der Waals surface area (Å²) in [4.78, 5) is 35.5. The van der Waals surface area contributed by atoms with Crippen molar-refractivity contribution in [3.63, 3.8) is 0 Å². The number of nitrogens with zero attached hydrogens (tertiary/aromatic N) is 5. The monoisotopic (exact) mass is 341 g/mol. The molecule has 1 atom stereocenters. The minimum atomic E-state index is -0.180. The van der Waals surface area contributed by atoms with Crippen molar-refractivity contribution in [2.75, 3.05) is 13.1 Å². The number of imidazole rings is 1. The number of hydrogen-bond acceptors (Lipinski definition) is 5. The van der Waals surface area contributed by atoms with E-state index in [0.717, 1.165) is 18.4 Å². The van der Waals surface area contributed by atoms with Crippen LogP contribution in [-0.4, -0.2) is 43.0 Å². The molecule has 1 amide bonds. The summed E-state index contributed by atoms with van der Waals surface area (Å²) in [5.41, 5.74) is 1.92. The van der Waals surface area contributed by atoms with E-state index in [-0.39, 0.29) is 23.4 Å². The van der Waals surface area contributed by atoms with Crippen LogP contribution in [0, 0.1) is 6.92 Å². The Hall–Kier alpha value is -2.90. The first-order chi connectivity index (χ1) is 12.1. The Bertz CT molecular complexity index is 999. The molecule has 0 unspecified atom stereocenters. The number of carbonyl (C=O) groups is 1. The van der Waals surface area contributed by atoms with Gasteiger partial charge in [-0.25, -0.2) is 14.8 Å². The maximum absolute atomic E-state index is 12.7. The van der Waals surface area contributed by atoms with Crippen molar-refractivity contribution in [2.24, 2.45) is 7.05 Å². The first-order valence-electron chi connectivity index (χ1n) is 8.29. The van der Waals surface area contributed by atoms with E-state index in [0.29, 0.717) is 24.4 Å². The van der Waals surface area contributed by atoms with Crippen molar-refractivity contribution in [1.29, 1.82) is 0 Å². The molecule has 25 heavy (non-hydrogen) atoms. The first-order valence-corrected chi connectivity index (χ1v) is 8.29. The van der Waals surface area contributed by atoms with Crippen LogP contribution in [0.15, 0.2) is 33.9 Å². The summed E-state index contributed by atoms with van der Waals surface area (Å²) >= 11 is 0. The van der Waals surface area contributed by atoms with Gasteiger partial charge in [0, 0.05) is 26.3 Å². The quantitative estimate of drug-likeness (QED) is 0.705. The zero-order valence-electron chi connectivity index (χ0n) is 14.2. The lowest BCUT2D eigenvalue weighted by atomic mass is 10.0. The average molecular weight is 341 g/mol. The van der Waals surface area contributed by atoms with Gasteiger partial charge in [0.2, 0.25) is 5.76 Å². The number of likely N-dealkylation sites (tertiary alicyclic amines) is 1. The van der Waals surface area contributed by atoms with Crippen LogP contribution in [0.5, 0.6) is 0 Å². The number of hydrogen-bond donors (Lipinski definition) is 0. The molecule has 0 spiro atoms. The number of rotatable bonds is 2. The molecule has 1 saturated heterocycles. The van der Waals surface area contributed by atoms with E-state index >= 15 is 0 Å². The highest BCUT2D eigenvalue weighted by molar-refractivity contribution is 5.92. The molecule has 8 nitrogen and oxygen atoms in total. The van der Waals surface area contributed by atoms with Gasteiger partial charge < -0.3 is 9.32 Å². The summed E-state index contributed by atoms with van der Waals surface area (Å²) < 4.78 is 8.54. The van der Waals surface area contributed by atoms with Crippen molar-refractivity contribution in [1.82, 2.24) is 24.0 Å². The van der Waals surface area contributed by atoms with Crippen molar-refractivity contribution in [2.45, 2.75) is 25.8 Å². The van der Waals surface area contributed by atoms with E-state index in [4.69, 9.17) is 4.42 Å². The van der Waals surface area contributed by atoms with Crippen LogP contribution in [0.1, 0.15) is 35.1 Å². The maximum atomic E-state index is 12.7. The van der Waals surface area contributed by atoms with Crippen molar-refractivity contribution in [3.8, 4) is 0 Å². The Morgan fingerprint density at radius 3 is 2.96 bits per heavy atom. The second-order valence-electron chi connectivity index (χ2n) is 6.37. The summed E-state index contributed by atoms with van der Waals surface area (Å²) in [5.74, 6) is 0.0880. The molecule has 130 valence electrons. The Balaban J connectivity index is 1.69. The van der Waals surface area contributed by atoms with Crippen LogP contribution in [0.3, 0.4) is 0 Å². The number of aromatic nitrogens is 4. The minimum Gasteiger partial charge on any atom is -0.438 e. The number of piperidine rings is 1. The van der Waals surface area contributed by atoms with Crippen LogP contribution >= 0.6 is 0 Å². The van der Waals surface area contributed by atoms with Gasteiger partial charge in [0.15, 0.2) is 12.0 Å². The zero-order chi connectivity index (χ0) is 17.6. The molecular weight excluding hydrogens is 322 g/mol. The van der Waals surface area contributed by atoms with E-state index < -0.39 is 0 Å². The largest absolute Gasteiger partial charge is 0.438 e. The van der Waals surface area contributed by atoms with Gasteiger partial charge in [0.25, 0.3) is 5.91 Å². The molecule has 0 N–H and O–H groups in total. The van der Waals surface area contributed by atoms with Crippen LogP contribution in [0.2, 0.25) is 0 Å². The Labute approximate surface area is 143 Å². The average Bonchev–Trinajstić information content (AvgIpc) is 3.17. The lowest BCUT2D eigenvalue weighted by molar-refractivity contribution is 0.0646. The number of oxazole rings is 1. The molecule has 0 aromatic carbocycles. The highest BCUT2D eigenvalue weighted by Gasteiger charge is 2.30. The van der Waals surface area contributed by atoms with E-state index in [1.807, 2.05) is 12.1 Å². The van der Waals surface area contributed by atoms with Crippen LogP contribution in [0.4, 0.5) is 0 Å². The van der Waals surface area contributed by atoms with Gasteiger partial charge in [-0.1, -0.05) is 0 Å². The molecule has 3 aromatic rings. The third-order valence-corrected chi connectivity index (χ3v) is 4.84. The smallest absolute Gasteiger partial charge is 0.330 e. The maximum Gasteiger partial charge on any atom is 0.330 e. The summed E-state index contributed by atoms with van der Waals surface area (Å²) in [6.45, 7) is 2.84. The highest BCUT2D eigenvalue weighted by atomic mass is 16.3. The molecule has 8 heteroatoms. The third kappa shape index (κ3) is 2.45. The molecule has 1 fully saturated rings. The number of fused-ring (bicyclic) bond motifs is 1. The summed E-state index contributed by atoms with van der Waals surface area (Å²) in [6, 6.07) is 3.59. The van der Waals surface area contributed by atoms with Crippen LogP contribution in [0.25, 0.3) is 11.2 Å². The number of amides is 1. The van der Waals surface area contributed by atoms with Gasteiger partial charge in [-0.3, -0.25) is 13.9 Å². The van der Waals surface area contributed by atoms with Gasteiger partial charge in [-0.15, -0.1) is 0 Å². The zero-order valence-corrected chi connectivity index (χ0v) is 14.2. The third-order valence-electron chi connectivity index (χ3n) is 4.84. The van der Waals surface area contributed by atoms with E-state index in [2.05, 4.69) is 9.97 Å². The summed E-state index contributed by atoms with van der Waals surface area (Å²) in [5, 5.41) is 0. The lowest BCUT2D eigenvalue weighted by Crippen LogP contribution is -2.43. The number of aryl methyl sites for hydroxylation is 2. The second-order valence-corrected chi connectivity index (χ2v) is 6.37. The van der Waals surface area contributed by atoms with E-state index in [1.165, 1.54) is 6.39 Å². The van der Waals surface area contributed by atoms with E-state index in [1.54, 1.807) is 34.2 Å². The van der Waals surface area contributed by atoms with Gasteiger partial charge >= 0.3 is 5.69 Å². The normalized spacial score (nSPS) is 18.0. The molecular formula is C17H19N5O3. The van der Waals surface area contributed by atoms with Crippen molar-refractivity contribution < 1.29 is 9.21 Å². The molecule has 0 bridgehead atoms. The van der Waals surface area contributed by atoms with Crippen molar-refractivity contribution in [3.05, 3.63) is 46.7 Å². The molecule has 0 aliphatic carbocycles. The predicted molar refractivity (Wildman–Crippen MR) is 90.4 cm³/mol. The highest BCUT2D eigenvalue weighted by Crippen LogP contribution is 2.25. The van der Waals surface area contributed by atoms with Gasteiger partial charge in [-0.2, -0.15) is 0 Å². The molecule has 0 saturated carbocycles. The predicted octanol–water partition coefficient (Wildman–Crippen LogP) is 1.51. The Morgan fingerprint density at radius 1 is 1.36 bits per heavy atom. The van der Waals surface area contributed by atoms with Crippen LogP contribution < -0.4 is 5.69 Å². The second kappa shape index (κ2) is 5.87. The SMILES string of the molecule is Cc1ncoc1C(=O)N1CCC[C@H](n2c(=O)n(C)c3cccnc32)C1. The van der Waals surface area contributed by atoms with Crippen molar-refractivity contribution >= 4 is 17.1 Å². The topological polar surface area (TPSA) is 86.2 Å². The molecule has 3 aromatic heterocycles. The number of carbonyl (C=O) groups excluding carboxylic acids is 1. The number of pyridine rings is 1. The lowest BCUT2D eigenvalue weighted by Gasteiger charge is -2.32. The minimum absolute atomic E-state index is 0.105. The first kappa shape index (κ1) is 15.6. The molecule has 4 heterocycles. The van der Waals surface area contributed by atoms with Gasteiger partial charge in [0.05, 0.1) is 17.3 Å². The van der Waals surface area contributed by atoms with E-state index in [9.17, 15) is 9.59 Å². The molecule has 1 aliphatic rings. The molecule has 4 rings (SSSR count). The summed E-state index contributed by atoms with van der Waals surface area (Å²) in [7, 11) is 1.74. The molecule has 0 radical (unpaired) electrons. The van der Waals surface area contributed by atoms with Gasteiger partial charge in [0.1, 0.15) is 0 Å². The van der Waals surface area contributed by atoms with Crippen LogP contribution in [-0.2, 0) is 7.05 Å².